The Hall–Kier alpha value is -1.26. The molecule has 0 saturated carbocycles. The first kappa shape index (κ1) is 14.7. The van der Waals surface area contributed by atoms with Crippen LogP contribution in [-0.2, 0) is 11.2 Å². The van der Waals surface area contributed by atoms with Crippen molar-refractivity contribution in [2.45, 2.75) is 44.2 Å². The van der Waals surface area contributed by atoms with Gasteiger partial charge < -0.3 is 19.5 Å². The minimum Gasteiger partial charge on any atom is -0.493 e. The molecule has 1 aromatic carbocycles. The molecule has 2 fully saturated rings. The third kappa shape index (κ3) is 3.89. The molecule has 1 aromatic rings. The molecule has 0 bridgehead atoms. The molecule has 0 aliphatic carbocycles. The summed E-state index contributed by atoms with van der Waals surface area (Å²) in [6, 6.07) is 6.91. The van der Waals surface area contributed by atoms with Crippen molar-refractivity contribution >= 4 is 0 Å². The Labute approximate surface area is 126 Å². The van der Waals surface area contributed by atoms with Gasteiger partial charge in [-0.1, -0.05) is 6.07 Å². The molecule has 2 atom stereocenters. The zero-order valence-electron chi connectivity index (χ0n) is 12.8. The van der Waals surface area contributed by atoms with E-state index in [2.05, 4.69) is 17.4 Å². The van der Waals surface area contributed by atoms with Gasteiger partial charge >= 0.3 is 0 Å². The normalized spacial score (nSPS) is 25.8. The number of methoxy groups -OCH3 is 1. The van der Waals surface area contributed by atoms with Crippen LogP contribution < -0.4 is 14.8 Å². The number of hydrogen-bond donors (Lipinski definition) is 1. The van der Waals surface area contributed by atoms with Crippen LogP contribution in [0.5, 0.6) is 11.5 Å². The van der Waals surface area contributed by atoms with Crippen LogP contribution >= 0.6 is 0 Å². The predicted molar refractivity (Wildman–Crippen MR) is 82.2 cm³/mol. The quantitative estimate of drug-likeness (QED) is 0.905. The van der Waals surface area contributed by atoms with Crippen molar-refractivity contribution in [3.8, 4) is 11.5 Å². The Kier molecular flexibility index (Phi) is 4.99. The molecule has 21 heavy (non-hydrogen) atoms. The topological polar surface area (TPSA) is 39.7 Å². The van der Waals surface area contributed by atoms with E-state index >= 15 is 0 Å². The smallest absolute Gasteiger partial charge is 0.161 e. The molecule has 2 unspecified atom stereocenters. The van der Waals surface area contributed by atoms with E-state index in [0.717, 1.165) is 43.9 Å². The fourth-order valence-electron chi connectivity index (χ4n) is 3.14. The second kappa shape index (κ2) is 7.14. The molecule has 2 heterocycles. The molecule has 2 saturated heterocycles. The summed E-state index contributed by atoms with van der Waals surface area (Å²) < 4.78 is 17.0. The van der Waals surface area contributed by atoms with E-state index in [9.17, 15) is 0 Å². The highest BCUT2D eigenvalue weighted by Crippen LogP contribution is 2.31. The molecule has 0 aromatic heterocycles. The Morgan fingerprint density at radius 2 is 2.19 bits per heavy atom. The summed E-state index contributed by atoms with van der Waals surface area (Å²) in [6.07, 6.45) is 5.87. The summed E-state index contributed by atoms with van der Waals surface area (Å²) in [6.45, 7) is 2.67. The van der Waals surface area contributed by atoms with E-state index in [0.29, 0.717) is 12.6 Å². The van der Waals surface area contributed by atoms with Gasteiger partial charge in [0.25, 0.3) is 0 Å². The first-order chi connectivity index (χ1) is 10.3. The average Bonchev–Trinajstić information content (AvgIpc) is 3.03. The van der Waals surface area contributed by atoms with Gasteiger partial charge in [0.1, 0.15) is 6.10 Å². The van der Waals surface area contributed by atoms with Crippen LogP contribution in [-0.4, -0.2) is 39.0 Å². The lowest BCUT2D eigenvalue weighted by Crippen LogP contribution is -2.28. The highest BCUT2D eigenvalue weighted by atomic mass is 16.5. The van der Waals surface area contributed by atoms with Gasteiger partial charge in [-0.2, -0.15) is 0 Å². The second-order valence-corrected chi connectivity index (χ2v) is 5.94. The number of benzene rings is 1. The Bertz CT molecular complexity index is 451. The maximum absolute atomic E-state index is 6.04. The van der Waals surface area contributed by atoms with Crippen LogP contribution in [0.15, 0.2) is 18.2 Å². The minimum atomic E-state index is 0.148. The van der Waals surface area contributed by atoms with Crippen molar-refractivity contribution in [2.75, 3.05) is 26.9 Å². The Morgan fingerprint density at radius 1 is 1.24 bits per heavy atom. The third-order valence-corrected chi connectivity index (χ3v) is 4.28. The standard InChI is InChI=1S/C17H25NO3/c1-19-17-11-13(10-14-4-2-8-18-14)6-7-16(17)21-15-5-3-9-20-12-15/h6-7,11,14-15,18H,2-5,8-10,12H2,1H3. The summed E-state index contributed by atoms with van der Waals surface area (Å²) in [4.78, 5) is 0. The minimum absolute atomic E-state index is 0.148. The van der Waals surface area contributed by atoms with Gasteiger partial charge in [0.2, 0.25) is 0 Å². The van der Waals surface area contributed by atoms with Crippen molar-refractivity contribution in [2.24, 2.45) is 0 Å². The lowest BCUT2D eigenvalue weighted by Gasteiger charge is -2.24. The van der Waals surface area contributed by atoms with E-state index in [1.165, 1.54) is 18.4 Å². The van der Waals surface area contributed by atoms with Crippen molar-refractivity contribution in [1.82, 2.24) is 5.32 Å². The van der Waals surface area contributed by atoms with E-state index in [-0.39, 0.29) is 6.10 Å². The molecule has 0 amide bonds. The fraction of sp³-hybridized carbons (Fsp3) is 0.647. The van der Waals surface area contributed by atoms with Gasteiger partial charge in [0, 0.05) is 12.6 Å². The lowest BCUT2D eigenvalue weighted by atomic mass is 10.0. The van der Waals surface area contributed by atoms with Gasteiger partial charge in [-0.15, -0.1) is 0 Å². The van der Waals surface area contributed by atoms with E-state index in [1.807, 2.05) is 6.07 Å². The molecule has 3 rings (SSSR count). The zero-order chi connectivity index (χ0) is 14.5. The van der Waals surface area contributed by atoms with Crippen molar-refractivity contribution < 1.29 is 14.2 Å². The van der Waals surface area contributed by atoms with Crippen LogP contribution in [0.2, 0.25) is 0 Å². The zero-order valence-corrected chi connectivity index (χ0v) is 12.8. The monoisotopic (exact) mass is 291 g/mol. The van der Waals surface area contributed by atoms with E-state index in [4.69, 9.17) is 14.2 Å². The van der Waals surface area contributed by atoms with Crippen LogP contribution in [0.3, 0.4) is 0 Å². The van der Waals surface area contributed by atoms with Crippen LogP contribution in [0.1, 0.15) is 31.2 Å². The first-order valence-corrected chi connectivity index (χ1v) is 8.00. The van der Waals surface area contributed by atoms with Crippen molar-refractivity contribution in [3.05, 3.63) is 23.8 Å². The number of hydrogen-bond acceptors (Lipinski definition) is 4. The molecule has 116 valence electrons. The predicted octanol–water partition coefficient (Wildman–Crippen LogP) is 2.55. The molecule has 4 heteroatoms. The maximum Gasteiger partial charge on any atom is 0.161 e. The number of ether oxygens (including phenoxy) is 3. The summed E-state index contributed by atoms with van der Waals surface area (Å²) in [5, 5.41) is 3.53. The average molecular weight is 291 g/mol. The maximum atomic E-state index is 6.04. The van der Waals surface area contributed by atoms with Crippen LogP contribution in [0, 0.1) is 0 Å². The molecule has 2 aliphatic heterocycles. The molecule has 4 nitrogen and oxygen atoms in total. The van der Waals surface area contributed by atoms with Gasteiger partial charge in [0.15, 0.2) is 11.5 Å². The molecule has 0 radical (unpaired) electrons. The number of nitrogens with one attached hydrogen (secondary N) is 1. The molecular weight excluding hydrogens is 266 g/mol. The molecule has 2 aliphatic rings. The van der Waals surface area contributed by atoms with Crippen LogP contribution in [0.4, 0.5) is 0 Å². The van der Waals surface area contributed by atoms with Gasteiger partial charge in [-0.25, -0.2) is 0 Å². The highest BCUT2D eigenvalue weighted by Gasteiger charge is 2.19. The molecule has 1 N–H and O–H groups in total. The fourth-order valence-corrected chi connectivity index (χ4v) is 3.14. The largest absolute Gasteiger partial charge is 0.493 e. The van der Waals surface area contributed by atoms with E-state index < -0.39 is 0 Å². The van der Waals surface area contributed by atoms with Crippen LogP contribution in [0.25, 0.3) is 0 Å². The van der Waals surface area contributed by atoms with Gasteiger partial charge in [-0.3, -0.25) is 0 Å². The van der Waals surface area contributed by atoms with Crippen molar-refractivity contribution in [1.29, 1.82) is 0 Å². The van der Waals surface area contributed by atoms with Crippen molar-refractivity contribution in [3.63, 3.8) is 0 Å². The third-order valence-electron chi connectivity index (χ3n) is 4.28. The van der Waals surface area contributed by atoms with Gasteiger partial charge in [-0.05, 0) is 56.3 Å². The number of rotatable bonds is 5. The highest BCUT2D eigenvalue weighted by molar-refractivity contribution is 5.43. The molecule has 0 spiro atoms. The first-order valence-electron chi connectivity index (χ1n) is 8.00. The Balaban J connectivity index is 1.65. The molecular formula is C17H25NO3. The lowest BCUT2D eigenvalue weighted by molar-refractivity contribution is 0.00643. The van der Waals surface area contributed by atoms with Gasteiger partial charge in [0.05, 0.1) is 13.7 Å². The second-order valence-electron chi connectivity index (χ2n) is 5.94. The summed E-state index contributed by atoms with van der Waals surface area (Å²) in [5.74, 6) is 1.66. The summed E-state index contributed by atoms with van der Waals surface area (Å²) in [5.41, 5.74) is 1.30. The Morgan fingerprint density at radius 3 is 2.90 bits per heavy atom. The van der Waals surface area contributed by atoms with E-state index in [1.54, 1.807) is 7.11 Å². The summed E-state index contributed by atoms with van der Waals surface area (Å²) >= 11 is 0. The SMILES string of the molecule is COc1cc(CC2CCCN2)ccc1OC1CCCOC1. The summed E-state index contributed by atoms with van der Waals surface area (Å²) in [7, 11) is 1.71.